The topological polar surface area (TPSA) is 71.3 Å². The summed E-state index contributed by atoms with van der Waals surface area (Å²) < 4.78 is 1.82. The normalized spacial score (nSPS) is 11.3. The Hall–Kier alpha value is -2.92. The summed E-state index contributed by atoms with van der Waals surface area (Å²) in [6.07, 6.45) is 7.91. The second-order valence-corrected chi connectivity index (χ2v) is 5.13. The zero-order valence-electron chi connectivity index (χ0n) is 13.0. The number of hydrogen-bond acceptors (Lipinski definition) is 3. The molecule has 0 aliphatic rings. The van der Waals surface area contributed by atoms with Gasteiger partial charge in [0.05, 0.1) is 0 Å². The van der Waals surface area contributed by atoms with Crippen molar-refractivity contribution < 1.29 is 14.8 Å². The molecule has 0 aliphatic carbocycles. The largest absolute Gasteiger partial charge is 0.350 e. The third kappa shape index (κ3) is 4.28. The fourth-order valence-electron chi connectivity index (χ4n) is 2.17. The molecule has 5 nitrogen and oxygen atoms in total. The predicted molar refractivity (Wildman–Crippen MR) is 88.9 cm³/mol. The number of hydrogen-bond donors (Lipinski definition) is 2. The van der Waals surface area contributed by atoms with Crippen LogP contribution in [0.5, 0.6) is 0 Å². The van der Waals surface area contributed by atoms with E-state index in [0.29, 0.717) is 5.56 Å². The monoisotopic (exact) mass is 310 g/mol. The van der Waals surface area contributed by atoms with E-state index in [1.54, 1.807) is 18.2 Å². The fourth-order valence-corrected chi connectivity index (χ4v) is 2.17. The van der Waals surface area contributed by atoms with E-state index in [2.05, 4.69) is 0 Å². The molecule has 0 bridgehead atoms. The average molecular weight is 310 g/mol. The van der Waals surface area contributed by atoms with Crippen molar-refractivity contribution in [1.29, 1.82) is 0 Å². The third-order valence-corrected chi connectivity index (χ3v) is 3.42. The summed E-state index contributed by atoms with van der Waals surface area (Å²) in [6.45, 7) is 1.90. The molecule has 1 amide bonds. The van der Waals surface area contributed by atoms with Gasteiger partial charge >= 0.3 is 0 Å². The highest BCUT2D eigenvalue weighted by molar-refractivity contribution is 6.07. The van der Waals surface area contributed by atoms with Crippen LogP contribution in [0.4, 0.5) is 0 Å². The highest BCUT2D eigenvalue weighted by Gasteiger charge is 2.05. The molecule has 0 saturated heterocycles. The minimum absolute atomic E-state index is 0.0521. The van der Waals surface area contributed by atoms with Gasteiger partial charge in [-0.25, -0.2) is 5.48 Å². The molecule has 0 radical (unpaired) electrons. The molecule has 5 heteroatoms. The molecule has 0 unspecified atom stereocenters. The smallest absolute Gasteiger partial charge is 0.267 e. The number of amides is 1. The standard InChI is InChI=1S/C18H18N2O3/c1-13-5-3-4-6-16(13)17(21)9-7-14-11-15(20(2)12-14)8-10-18(22)19-23/h3-12,23H,1-2H3,(H,19,22)/b9-7+,10-8+. The lowest BCUT2D eigenvalue weighted by molar-refractivity contribution is -0.124. The fraction of sp³-hybridized carbons (Fsp3) is 0.111. The maximum atomic E-state index is 12.2. The van der Waals surface area contributed by atoms with Crippen LogP contribution in [0, 0.1) is 6.92 Å². The van der Waals surface area contributed by atoms with Crippen LogP contribution >= 0.6 is 0 Å². The molecule has 2 N–H and O–H groups in total. The number of nitrogens with zero attached hydrogens (tertiary/aromatic N) is 1. The van der Waals surface area contributed by atoms with E-state index in [1.165, 1.54) is 17.6 Å². The molecule has 0 atom stereocenters. The van der Waals surface area contributed by atoms with Crippen molar-refractivity contribution >= 4 is 23.8 Å². The van der Waals surface area contributed by atoms with Crippen molar-refractivity contribution in [3.63, 3.8) is 0 Å². The van der Waals surface area contributed by atoms with Gasteiger partial charge in [0.15, 0.2) is 5.78 Å². The molecular weight excluding hydrogens is 292 g/mol. The second kappa shape index (κ2) is 7.38. The van der Waals surface area contributed by atoms with E-state index < -0.39 is 5.91 Å². The molecule has 2 aromatic rings. The number of carbonyl (C=O) groups is 2. The Kier molecular flexibility index (Phi) is 5.28. The Morgan fingerprint density at radius 1 is 1.17 bits per heavy atom. The minimum atomic E-state index is -0.599. The summed E-state index contributed by atoms with van der Waals surface area (Å²) in [5.74, 6) is -0.651. The van der Waals surface area contributed by atoms with E-state index in [9.17, 15) is 9.59 Å². The molecule has 1 aromatic carbocycles. The van der Waals surface area contributed by atoms with Gasteiger partial charge in [0.1, 0.15) is 0 Å². The Balaban J connectivity index is 2.15. The van der Waals surface area contributed by atoms with E-state index in [4.69, 9.17) is 5.21 Å². The molecule has 0 spiro atoms. The molecule has 23 heavy (non-hydrogen) atoms. The number of hydroxylamine groups is 1. The minimum Gasteiger partial charge on any atom is -0.350 e. The highest BCUT2D eigenvalue weighted by atomic mass is 16.5. The van der Waals surface area contributed by atoms with E-state index >= 15 is 0 Å². The first-order chi connectivity index (χ1) is 11.0. The molecule has 1 heterocycles. The predicted octanol–water partition coefficient (Wildman–Crippen LogP) is 2.75. The molecule has 0 aliphatic heterocycles. The van der Waals surface area contributed by atoms with Gasteiger partial charge in [0.2, 0.25) is 0 Å². The van der Waals surface area contributed by atoms with Crippen LogP contribution in [0.1, 0.15) is 27.2 Å². The number of benzene rings is 1. The Morgan fingerprint density at radius 3 is 2.61 bits per heavy atom. The number of aromatic nitrogens is 1. The lowest BCUT2D eigenvalue weighted by Gasteiger charge is -1.99. The number of carbonyl (C=O) groups excluding carboxylic acids is 2. The lowest BCUT2D eigenvalue weighted by atomic mass is 10.0. The maximum absolute atomic E-state index is 12.2. The molecule has 1 aromatic heterocycles. The number of allylic oxidation sites excluding steroid dienone is 1. The van der Waals surface area contributed by atoms with Gasteiger partial charge in [0.25, 0.3) is 5.91 Å². The van der Waals surface area contributed by atoms with Crippen LogP contribution < -0.4 is 5.48 Å². The Labute approximate surface area is 134 Å². The number of ketones is 1. The summed E-state index contributed by atoms with van der Waals surface area (Å²) in [4.78, 5) is 23.2. The van der Waals surface area contributed by atoms with Crippen LogP contribution in [-0.2, 0) is 11.8 Å². The summed E-state index contributed by atoms with van der Waals surface area (Å²) in [6, 6.07) is 9.27. The summed E-state index contributed by atoms with van der Waals surface area (Å²) >= 11 is 0. The van der Waals surface area contributed by atoms with Gasteiger partial charge in [-0.3, -0.25) is 14.8 Å². The Morgan fingerprint density at radius 2 is 1.91 bits per heavy atom. The third-order valence-electron chi connectivity index (χ3n) is 3.42. The highest BCUT2D eigenvalue weighted by Crippen LogP contribution is 2.13. The van der Waals surface area contributed by atoms with Crippen molar-refractivity contribution in [3.05, 3.63) is 71.1 Å². The molecule has 2 rings (SSSR count). The van der Waals surface area contributed by atoms with Crippen molar-refractivity contribution in [2.45, 2.75) is 6.92 Å². The van der Waals surface area contributed by atoms with E-state index in [-0.39, 0.29) is 5.78 Å². The molecule has 118 valence electrons. The zero-order chi connectivity index (χ0) is 16.8. The van der Waals surface area contributed by atoms with Crippen molar-refractivity contribution in [2.24, 2.45) is 7.05 Å². The van der Waals surface area contributed by atoms with Gasteiger partial charge in [-0.1, -0.05) is 24.3 Å². The lowest BCUT2D eigenvalue weighted by Crippen LogP contribution is -2.14. The summed E-state index contributed by atoms with van der Waals surface area (Å²) in [5, 5.41) is 8.46. The average Bonchev–Trinajstić information content (AvgIpc) is 2.90. The van der Waals surface area contributed by atoms with Crippen LogP contribution in [0.3, 0.4) is 0 Å². The molecule has 0 fully saturated rings. The SMILES string of the molecule is Cc1ccccc1C(=O)/C=C/c1cc(/C=C/C(=O)NO)n(C)c1. The summed E-state index contributed by atoms with van der Waals surface area (Å²) in [5.41, 5.74) is 4.77. The molecule has 0 saturated carbocycles. The quantitative estimate of drug-likeness (QED) is 0.386. The van der Waals surface area contributed by atoms with Crippen molar-refractivity contribution in [2.75, 3.05) is 0 Å². The van der Waals surface area contributed by atoms with Crippen LogP contribution in [0.15, 0.2) is 48.7 Å². The molecular formula is C18H18N2O3. The Bertz CT molecular complexity index is 785. The van der Waals surface area contributed by atoms with Crippen molar-refractivity contribution in [1.82, 2.24) is 10.0 Å². The van der Waals surface area contributed by atoms with Gasteiger partial charge in [-0.05, 0) is 42.3 Å². The second-order valence-electron chi connectivity index (χ2n) is 5.13. The van der Waals surface area contributed by atoms with Crippen molar-refractivity contribution in [3.8, 4) is 0 Å². The van der Waals surface area contributed by atoms with Gasteiger partial charge in [-0.15, -0.1) is 0 Å². The van der Waals surface area contributed by atoms with Crippen LogP contribution in [0.25, 0.3) is 12.2 Å². The van der Waals surface area contributed by atoms with Gasteiger partial charge in [0, 0.05) is 30.6 Å². The first-order valence-electron chi connectivity index (χ1n) is 7.08. The number of nitrogens with one attached hydrogen (secondary N) is 1. The maximum Gasteiger partial charge on any atom is 0.267 e. The zero-order valence-corrected chi connectivity index (χ0v) is 13.0. The number of rotatable bonds is 5. The van der Waals surface area contributed by atoms with Crippen LogP contribution in [0.2, 0.25) is 0 Å². The van der Waals surface area contributed by atoms with Gasteiger partial charge in [-0.2, -0.15) is 0 Å². The van der Waals surface area contributed by atoms with E-state index in [0.717, 1.165) is 16.8 Å². The van der Waals surface area contributed by atoms with Gasteiger partial charge < -0.3 is 4.57 Å². The van der Waals surface area contributed by atoms with E-state index in [1.807, 2.05) is 49.0 Å². The van der Waals surface area contributed by atoms with Crippen LogP contribution in [-0.4, -0.2) is 21.5 Å². The number of aryl methyl sites for hydroxylation is 2. The first-order valence-corrected chi connectivity index (χ1v) is 7.08. The first kappa shape index (κ1) is 16.5. The summed E-state index contributed by atoms with van der Waals surface area (Å²) in [7, 11) is 1.83.